The highest BCUT2D eigenvalue weighted by Crippen LogP contribution is 2.16. The second kappa shape index (κ2) is 7.58. The summed E-state index contributed by atoms with van der Waals surface area (Å²) in [6.45, 7) is 2.26. The number of sulfonamides is 1. The summed E-state index contributed by atoms with van der Waals surface area (Å²) >= 11 is 0. The van der Waals surface area contributed by atoms with Crippen molar-refractivity contribution in [3.63, 3.8) is 0 Å². The Labute approximate surface area is 109 Å². The van der Waals surface area contributed by atoms with Crippen LogP contribution in [0.1, 0.15) is 39.0 Å². The van der Waals surface area contributed by atoms with Gasteiger partial charge in [0.25, 0.3) is 0 Å². The molecule has 1 aliphatic rings. The van der Waals surface area contributed by atoms with Gasteiger partial charge in [-0.1, -0.05) is 19.3 Å². The van der Waals surface area contributed by atoms with E-state index in [2.05, 4.69) is 15.0 Å². The normalized spacial score (nSPS) is 18.8. The summed E-state index contributed by atoms with van der Waals surface area (Å²) in [5.74, 6) is 0.504. The highest BCUT2D eigenvalue weighted by atomic mass is 32.2. The van der Waals surface area contributed by atoms with Crippen molar-refractivity contribution in [1.82, 2.24) is 10.0 Å². The van der Waals surface area contributed by atoms with E-state index in [-0.39, 0.29) is 5.75 Å². The summed E-state index contributed by atoms with van der Waals surface area (Å²) in [5.41, 5.74) is 5.75. The minimum Gasteiger partial charge on any atom is -0.370 e. The molecule has 1 rings (SSSR count). The predicted octanol–water partition coefficient (Wildman–Crippen LogP) is 0.163. The van der Waals surface area contributed by atoms with Crippen molar-refractivity contribution in [3.8, 4) is 0 Å². The molecule has 0 aromatic heterocycles. The van der Waals surface area contributed by atoms with E-state index in [4.69, 9.17) is 5.73 Å². The van der Waals surface area contributed by atoms with Crippen LogP contribution in [0.25, 0.3) is 0 Å². The first kappa shape index (κ1) is 15.2. The minimum absolute atomic E-state index is 0.0898. The minimum atomic E-state index is -3.13. The fraction of sp³-hybridized carbons (Fsp3) is 0.909. The van der Waals surface area contributed by atoms with Crippen LogP contribution in [-0.2, 0) is 10.0 Å². The Kier molecular flexibility index (Phi) is 6.42. The second-order valence-electron chi connectivity index (χ2n) is 4.54. The average Bonchev–Trinajstić information content (AvgIpc) is 2.36. The summed E-state index contributed by atoms with van der Waals surface area (Å²) in [6.07, 6.45) is 6.05. The van der Waals surface area contributed by atoms with Gasteiger partial charge >= 0.3 is 0 Å². The summed E-state index contributed by atoms with van der Waals surface area (Å²) < 4.78 is 24.8. The number of hydrogen-bond donors (Lipinski definition) is 3. The van der Waals surface area contributed by atoms with Gasteiger partial charge in [0, 0.05) is 12.6 Å². The molecule has 106 valence electrons. The van der Waals surface area contributed by atoms with E-state index in [0.29, 0.717) is 25.1 Å². The number of rotatable bonds is 6. The van der Waals surface area contributed by atoms with E-state index >= 15 is 0 Å². The van der Waals surface area contributed by atoms with Gasteiger partial charge in [0.1, 0.15) is 0 Å². The highest BCUT2D eigenvalue weighted by molar-refractivity contribution is 7.89. The molecule has 6 nitrogen and oxygen atoms in total. The zero-order valence-corrected chi connectivity index (χ0v) is 11.8. The first-order chi connectivity index (χ1) is 8.53. The zero-order valence-electron chi connectivity index (χ0n) is 11.0. The molecule has 0 amide bonds. The maximum Gasteiger partial charge on any atom is 0.211 e. The van der Waals surface area contributed by atoms with Crippen LogP contribution in [0.5, 0.6) is 0 Å². The summed E-state index contributed by atoms with van der Waals surface area (Å²) in [4.78, 5) is 4.11. The van der Waals surface area contributed by atoms with Gasteiger partial charge in [-0.05, 0) is 19.8 Å². The van der Waals surface area contributed by atoms with Gasteiger partial charge in [-0.15, -0.1) is 0 Å². The molecule has 0 aromatic carbocycles. The van der Waals surface area contributed by atoms with Gasteiger partial charge in [0.05, 0.1) is 12.3 Å². The molecule has 1 fully saturated rings. The van der Waals surface area contributed by atoms with Crippen molar-refractivity contribution in [3.05, 3.63) is 0 Å². The van der Waals surface area contributed by atoms with Gasteiger partial charge in [0.15, 0.2) is 5.96 Å². The molecule has 0 unspecified atom stereocenters. The fourth-order valence-corrected chi connectivity index (χ4v) is 2.59. The molecule has 0 spiro atoms. The molecule has 18 heavy (non-hydrogen) atoms. The molecule has 1 aliphatic carbocycles. The van der Waals surface area contributed by atoms with Crippen LogP contribution < -0.4 is 15.8 Å². The van der Waals surface area contributed by atoms with E-state index in [9.17, 15) is 8.42 Å². The number of nitrogens with one attached hydrogen (secondary N) is 2. The van der Waals surface area contributed by atoms with Gasteiger partial charge in [-0.25, -0.2) is 13.1 Å². The molecular weight excluding hydrogens is 252 g/mol. The molecule has 4 N–H and O–H groups in total. The van der Waals surface area contributed by atoms with Crippen LogP contribution in [0.4, 0.5) is 0 Å². The number of aliphatic imine (C=N–C) groups is 1. The maximum atomic E-state index is 11.2. The van der Waals surface area contributed by atoms with E-state index in [1.807, 2.05) is 0 Å². The van der Waals surface area contributed by atoms with Crippen LogP contribution in [0, 0.1) is 0 Å². The standard InChI is InChI=1S/C11H24N4O2S/c1-2-18(16,17)14-9-8-13-11(12)15-10-6-4-3-5-7-10/h10,14H,2-9H2,1H3,(H3,12,13,15). The molecule has 0 saturated heterocycles. The van der Waals surface area contributed by atoms with Gasteiger partial charge < -0.3 is 11.1 Å². The number of nitrogens with two attached hydrogens (primary N) is 1. The second-order valence-corrected chi connectivity index (χ2v) is 6.64. The third-order valence-corrected chi connectivity index (χ3v) is 4.46. The number of hydrogen-bond acceptors (Lipinski definition) is 3. The van der Waals surface area contributed by atoms with Gasteiger partial charge in [-0.2, -0.15) is 0 Å². The zero-order chi connectivity index (χ0) is 13.4. The highest BCUT2D eigenvalue weighted by Gasteiger charge is 2.13. The van der Waals surface area contributed by atoms with Crippen molar-refractivity contribution < 1.29 is 8.42 Å². The van der Waals surface area contributed by atoms with Crippen LogP contribution in [0.2, 0.25) is 0 Å². The smallest absolute Gasteiger partial charge is 0.211 e. The van der Waals surface area contributed by atoms with E-state index in [1.165, 1.54) is 19.3 Å². The average molecular weight is 276 g/mol. The van der Waals surface area contributed by atoms with Gasteiger partial charge in [0.2, 0.25) is 10.0 Å². The van der Waals surface area contributed by atoms with Crippen LogP contribution >= 0.6 is 0 Å². The Morgan fingerprint density at radius 2 is 2.00 bits per heavy atom. The number of guanidine groups is 1. The van der Waals surface area contributed by atoms with Crippen molar-refractivity contribution in [2.75, 3.05) is 18.8 Å². The topological polar surface area (TPSA) is 96.6 Å². The summed E-state index contributed by atoms with van der Waals surface area (Å²) in [6, 6.07) is 0.426. The lowest BCUT2D eigenvalue weighted by Gasteiger charge is -2.23. The lowest BCUT2D eigenvalue weighted by Crippen LogP contribution is -2.41. The Bertz CT molecular complexity index is 361. The van der Waals surface area contributed by atoms with Crippen LogP contribution in [-0.4, -0.2) is 39.3 Å². The SMILES string of the molecule is CCS(=O)(=O)NCCN=C(N)NC1CCCCC1. The van der Waals surface area contributed by atoms with E-state index in [0.717, 1.165) is 12.8 Å². The Morgan fingerprint density at radius 3 is 2.61 bits per heavy atom. The first-order valence-corrected chi connectivity index (χ1v) is 8.22. The Hall–Kier alpha value is -0.820. The van der Waals surface area contributed by atoms with Crippen LogP contribution in [0.3, 0.4) is 0 Å². The Morgan fingerprint density at radius 1 is 1.33 bits per heavy atom. The molecule has 0 atom stereocenters. The third-order valence-electron chi connectivity index (χ3n) is 3.05. The van der Waals surface area contributed by atoms with E-state index < -0.39 is 10.0 Å². The van der Waals surface area contributed by atoms with E-state index in [1.54, 1.807) is 6.92 Å². The quantitative estimate of drug-likeness (QED) is 0.366. The monoisotopic (exact) mass is 276 g/mol. The van der Waals surface area contributed by atoms with Crippen molar-refractivity contribution in [2.45, 2.75) is 45.1 Å². The molecular formula is C11H24N4O2S. The molecule has 1 saturated carbocycles. The summed E-state index contributed by atoms with van der Waals surface area (Å²) in [5, 5.41) is 3.18. The molecule has 0 heterocycles. The van der Waals surface area contributed by atoms with Crippen molar-refractivity contribution in [2.24, 2.45) is 10.7 Å². The molecule has 7 heteroatoms. The largest absolute Gasteiger partial charge is 0.370 e. The van der Waals surface area contributed by atoms with Crippen LogP contribution in [0.15, 0.2) is 4.99 Å². The predicted molar refractivity (Wildman–Crippen MR) is 74.0 cm³/mol. The lowest BCUT2D eigenvalue weighted by atomic mass is 9.96. The van der Waals surface area contributed by atoms with Gasteiger partial charge in [-0.3, -0.25) is 4.99 Å². The summed E-state index contributed by atoms with van der Waals surface area (Å²) in [7, 11) is -3.13. The molecule has 0 aliphatic heterocycles. The lowest BCUT2D eigenvalue weighted by molar-refractivity contribution is 0.412. The first-order valence-electron chi connectivity index (χ1n) is 6.57. The molecule has 0 aromatic rings. The fourth-order valence-electron chi connectivity index (χ4n) is 1.98. The number of nitrogens with zero attached hydrogens (tertiary/aromatic N) is 1. The van der Waals surface area contributed by atoms with Crippen molar-refractivity contribution >= 4 is 16.0 Å². The van der Waals surface area contributed by atoms with Crippen molar-refractivity contribution in [1.29, 1.82) is 0 Å². The maximum absolute atomic E-state index is 11.2. The molecule has 0 bridgehead atoms. The third kappa shape index (κ3) is 6.20. The molecule has 0 radical (unpaired) electrons. The Balaban J connectivity index is 2.20.